The first-order valence-corrected chi connectivity index (χ1v) is 11.6. The Morgan fingerprint density at radius 2 is 2.06 bits per heavy atom. The van der Waals surface area contributed by atoms with Crippen LogP contribution in [0.4, 0.5) is 0 Å². The van der Waals surface area contributed by atoms with E-state index < -0.39 is 0 Å². The second-order valence-electron chi connectivity index (χ2n) is 8.26. The van der Waals surface area contributed by atoms with E-state index in [4.69, 9.17) is 14.8 Å². The summed E-state index contributed by atoms with van der Waals surface area (Å²) in [7, 11) is 2.05. The Bertz CT molecular complexity index is 1500. The smallest absolute Gasteiger partial charge is 0.152 e. The molecule has 0 fully saturated rings. The zero-order valence-electron chi connectivity index (χ0n) is 18.4. The summed E-state index contributed by atoms with van der Waals surface area (Å²) in [6, 6.07) is 12.3. The number of rotatable bonds is 4. The van der Waals surface area contributed by atoms with Crippen molar-refractivity contribution in [2.24, 2.45) is 12.1 Å². The number of H-pyrrole nitrogens is 1. The summed E-state index contributed by atoms with van der Waals surface area (Å²) in [5.74, 6) is 0. The van der Waals surface area contributed by atoms with Crippen LogP contribution in [0, 0.1) is 6.92 Å². The van der Waals surface area contributed by atoms with Gasteiger partial charge in [-0.1, -0.05) is 18.2 Å². The maximum Gasteiger partial charge on any atom is 0.152 e. The van der Waals surface area contributed by atoms with E-state index in [-0.39, 0.29) is 0 Å². The lowest BCUT2D eigenvalue weighted by Crippen LogP contribution is -2.23. The molecule has 0 bridgehead atoms. The van der Waals surface area contributed by atoms with Crippen LogP contribution < -0.4 is 0 Å². The first kappa shape index (κ1) is 20.1. The molecule has 0 atom stereocenters. The number of hydrogen-bond donors (Lipinski definition) is 1. The molecule has 6 rings (SSSR count). The van der Waals surface area contributed by atoms with Gasteiger partial charge >= 0.3 is 0 Å². The zero-order valence-corrected chi connectivity index (χ0v) is 19.3. The molecule has 5 heterocycles. The number of aromatic nitrogens is 5. The normalized spacial score (nSPS) is 14.1. The third-order valence-electron chi connectivity index (χ3n) is 5.97. The minimum absolute atomic E-state index is 0.417. The minimum atomic E-state index is 0.417. The Morgan fingerprint density at radius 1 is 1.15 bits per heavy atom. The van der Waals surface area contributed by atoms with Crippen molar-refractivity contribution < 1.29 is 4.74 Å². The molecular weight excluding hydrogens is 434 g/mol. The van der Waals surface area contributed by atoms with Crippen molar-refractivity contribution in [2.75, 3.05) is 6.73 Å². The summed E-state index contributed by atoms with van der Waals surface area (Å²) in [5, 5.41) is 16.1. The lowest BCUT2D eigenvalue weighted by molar-refractivity contribution is 0.0125. The van der Waals surface area contributed by atoms with Crippen molar-refractivity contribution in [3.63, 3.8) is 0 Å². The maximum atomic E-state index is 6.03. The summed E-state index contributed by atoms with van der Waals surface area (Å²) in [4.78, 5) is 9.55. The predicted octanol–water partition coefficient (Wildman–Crippen LogP) is 4.13. The SMILES string of the molecule is Cc1cccc(Cc2nc3c(s2)c2c(n3C)COCN(Cc3cccc4[nH]ncc34)N=C2)n1. The van der Waals surface area contributed by atoms with Gasteiger partial charge in [-0.2, -0.15) is 10.2 Å². The molecule has 0 saturated heterocycles. The van der Waals surface area contributed by atoms with E-state index in [2.05, 4.69) is 31.9 Å². The van der Waals surface area contributed by atoms with Crippen LogP contribution in [0.1, 0.15) is 33.2 Å². The molecule has 4 aromatic heterocycles. The van der Waals surface area contributed by atoms with Gasteiger partial charge in [0.1, 0.15) is 11.7 Å². The summed E-state index contributed by atoms with van der Waals surface area (Å²) < 4.78 is 9.30. The fourth-order valence-electron chi connectivity index (χ4n) is 4.30. The molecule has 9 heteroatoms. The molecule has 1 N–H and O–H groups in total. The lowest BCUT2D eigenvalue weighted by Gasteiger charge is -2.21. The number of hydrogen-bond acceptors (Lipinski definition) is 7. The number of aromatic amines is 1. The topological polar surface area (TPSA) is 84.2 Å². The van der Waals surface area contributed by atoms with Crippen molar-refractivity contribution in [1.29, 1.82) is 0 Å². The second-order valence-corrected chi connectivity index (χ2v) is 9.35. The number of hydrazone groups is 1. The number of fused-ring (bicyclic) bond motifs is 4. The van der Waals surface area contributed by atoms with Gasteiger partial charge in [0.25, 0.3) is 0 Å². The molecule has 1 aromatic carbocycles. The molecule has 1 aliphatic rings. The van der Waals surface area contributed by atoms with E-state index in [1.165, 1.54) is 0 Å². The van der Waals surface area contributed by atoms with Gasteiger partial charge in [-0.25, -0.2) is 4.98 Å². The number of pyridine rings is 1. The van der Waals surface area contributed by atoms with Crippen LogP contribution in [-0.2, 0) is 31.4 Å². The Hall–Kier alpha value is -3.56. The molecule has 0 unspecified atom stereocenters. The van der Waals surface area contributed by atoms with Gasteiger partial charge in [-0.15, -0.1) is 11.3 Å². The fraction of sp³-hybridized carbons (Fsp3) is 0.250. The first-order valence-electron chi connectivity index (χ1n) is 10.8. The van der Waals surface area contributed by atoms with Gasteiger partial charge in [0.15, 0.2) is 5.65 Å². The van der Waals surface area contributed by atoms with E-state index in [1.54, 1.807) is 11.3 Å². The third-order valence-corrected chi connectivity index (χ3v) is 7.05. The molecule has 8 nitrogen and oxygen atoms in total. The largest absolute Gasteiger partial charge is 0.353 e. The van der Waals surface area contributed by atoms with Gasteiger partial charge in [0.2, 0.25) is 0 Å². The number of ether oxygens (including phenoxy) is 1. The molecule has 33 heavy (non-hydrogen) atoms. The molecule has 5 aromatic rings. The number of nitrogens with one attached hydrogen (secondary N) is 1. The highest BCUT2D eigenvalue weighted by molar-refractivity contribution is 7.19. The molecule has 0 spiro atoms. The van der Waals surface area contributed by atoms with Crippen LogP contribution in [0.2, 0.25) is 0 Å². The van der Waals surface area contributed by atoms with Crippen LogP contribution in [0.15, 0.2) is 47.7 Å². The van der Waals surface area contributed by atoms with E-state index in [0.29, 0.717) is 19.9 Å². The average Bonchev–Trinajstić information content (AvgIpc) is 3.47. The summed E-state index contributed by atoms with van der Waals surface area (Å²) in [6.45, 7) is 3.59. The Balaban J connectivity index is 1.31. The number of thiazole rings is 1. The standard InChI is InChI=1S/C24H23N7OS/c1-15-5-3-7-17(27-15)9-22-28-24-23(33-22)19-11-26-31(14-32-13-21(19)30(24)2)12-16-6-4-8-20-18(16)10-25-29-20/h3-8,10-11H,9,12-14H2,1-2H3,(H,25,29). The quantitative estimate of drug-likeness (QED) is 0.439. The molecule has 1 aliphatic heterocycles. The predicted molar refractivity (Wildman–Crippen MR) is 129 cm³/mol. The molecular formula is C24H23N7OS. The Labute approximate surface area is 194 Å². The average molecular weight is 458 g/mol. The molecule has 166 valence electrons. The van der Waals surface area contributed by atoms with Crippen LogP contribution in [0.25, 0.3) is 21.3 Å². The number of nitrogens with zero attached hydrogens (tertiary/aromatic N) is 6. The maximum absolute atomic E-state index is 6.03. The lowest BCUT2D eigenvalue weighted by atomic mass is 10.1. The van der Waals surface area contributed by atoms with Crippen molar-refractivity contribution in [2.45, 2.75) is 26.5 Å². The highest BCUT2D eigenvalue weighted by Crippen LogP contribution is 2.32. The first-order chi connectivity index (χ1) is 16.2. The summed E-state index contributed by atoms with van der Waals surface area (Å²) >= 11 is 1.71. The van der Waals surface area contributed by atoms with E-state index >= 15 is 0 Å². The van der Waals surface area contributed by atoms with Crippen molar-refractivity contribution >= 4 is 38.8 Å². The van der Waals surface area contributed by atoms with E-state index in [0.717, 1.165) is 60.9 Å². The molecule has 0 amide bonds. The fourth-order valence-corrected chi connectivity index (χ4v) is 5.45. The summed E-state index contributed by atoms with van der Waals surface area (Å²) in [5.41, 5.74) is 7.40. The van der Waals surface area contributed by atoms with Crippen LogP contribution in [0.3, 0.4) is 0 Å². The van der Waals surface area contributed by atoms with Crippen molar-refractivity contribution in [3.05, 3.63) is 75.8 Å². The summed E-state index contributed by atoms with van der Waals surface area (Å²) in [6.07, 6.45) is 4.55. The number of aryl methyl sites for hydroxylation is 2. The molecule has 0 radical (unpaired) electrons. The van der Waals surface area contributed by atoms with Crippen molar-refractivity contribution in [3.8, 4) is 0 Å². The van der Waals surface area contributed by atoms with Gasteiger partial charge in [0.05, 0.1) is 41.5 Å². The van der Waals surface area contributed by atoms with Crippen molar-refractivity contribution in [1.82, 2.24) is 29.7 Å². The van der Waals surface area contributed by atoms with Crippen LogP contribution >= 0.6 is 11.3 Å². The highest BCUT2D eigenvalue weighted by Gasteiger charge is 2.21. The minimum Gasteiger partial charge on any atom is -0.353 e. The third kappa shape index (κ3) is 3.69. The van der Waals surface area contributed by atoms with Gasteiger partial charge < -0.3 is 9.30 Å². The monoisotopic (exact) mass is 457 g/mol. The second kappa shape index (κ2) is 8.09. The highest BCUT2D eigenvalue weighted by atomic mass is 32.1. The van der Waals surface area contributed by atoms with Gasteiger partial charge in [0, 0.05) is 35.8 Å². The molecule has 0 aliphatic carbocycles. The zero-order chi connectivity index (χ0) is 22.4. The number of benzene rings is 1. The Kier molecular flexibility index (Phi) is 4.92. The van der Waals surface area contributed by atoms with Gasteiger partial charge in [-0.05, 0) is 30.7 Å². The van der Waals surface area contributed by atoms with Gasteiger partial charge in [-0.3, -0.25) is 15.1 Å². The van der Waals surface area contributed by atoms with Crippen LogP contribution in [-0.4, -0.2) is 42.7 Å². The Morgan fingerprint density at radius 3 is 2.97 bits per heavy atom. The van der Waals surface area contributed by atoms with E-state index in [9.17, 15) is 0 Å². The van der Waals surface area contributed by atoms with Crippen LogP contribution in [0.5, 0.6) is 0 Å². The van der Waals surface area contributed by atoms with E-state index in [1.807, 2.05) is 55.7 Å². The molecule has 0 saturated carbocycles.